The van der Waals surface area contributed by atoms with Crippen LogP contribution in [0.1, 0.15) is 5.56 Å². The molecule has 0 aliphatic rings. The lowest BCUT2D eigenvalue weighted by Gasteiger charge is -2.05. The van der Waals surface area contributed by atoms with Gasteiger partial charge in [0.05, 0.1) is 6.21 Å². The Morgan fingerprint density at radius 2 is 2.00 bits per heavy atom. The Morgan fingerprint density at radius 1 is 1.17 bits per heavy atom. The first kappa shape index (κ1) is 15.4. The molecule has 0 fully saturated rings. The SMILES string of the molecule is O=C(Cn1cncn1)NN=Cc1cccc(Oc2ccccc2)c1. The molecule has 7 nitrogen and oxygen atoms in total. The van der Waals surface area contributed by atoms with Crippen molar-refractivity contribution in [3.05, 3.63) is 72.8 Å². The van der Waals surface area contributed by atoms with Crippen LogP contribution in [0.4, 0.5) is 0 Å². The Labute approximate surface area is 138 Å². The number of rotatable bonds is 6. The smallest absolute Gasteiger partial charge is 0.261 e. The molecule has 1 heterocycles. The Bertz CT molecular complexity index is 816. The Morgan fingerprint density at radius 3 is 2.79 bits per heavy atom. The van der Waals surface area contributed by atoms with Crippen LogP contribution in [0.5, 0.6) is 11.5 Å². The lowest BCUT2D eigenvalue weighted by atomic mass is 10.2. The maximum atomic E-state index is 11.7. The highest BCUT2D eigenvalue weighted by Gasteiger charge is 2.01. The van der Waals surface area contributed by atoms with E-state index in [0.29, 0.717) is 5.75 Å². The molecule has 24 heavy (non-hydrogen) atoms. The summed E-state index contributed by atoms with van der Waals surface area (Å²) in [5, 5.41) is 7.78. The van der Waals surface area contributed by atoms with E-state index < -0.39 is 0 Å². The fourth-order valence-corrected chi connectivity index (χ4v) is 1.96. The molecule has 0 radical (unpaired) electrons. The van der Waals surface area contributed by atoms with Crippen molar-refractivity contribution in [1.82, 2.24) is 20.2 Å². The minimum absolute atomic E-state index is 0.0640. The van der Waals surface area contributed by atoms with Crippen molar-refractivity contribution >= 4 is 12.1 Å². The molecular formula is C17H15N5O2. The molecule has 3 rings (SSSR count). The standard InChI is InChI=1S/C17H15N5O2/c23-17(11-22-13-18-12-20-22)21-19-10-14-5-4-8-16(9-14)24-15-6-2-1-3-7-15/h1-10,12-13H,11H2,(H,21,23). The average Bonchev–Trinajstić information content (AvgIpc) is 3.09. The van der Waals surface area contributed by atoms with Crippen LogP contribution < -0.4 is 10.2 Å². The lowest BCUT2D eigenvalue weighted by Crippen LogP contribution is -2.23. The Hall–Kier alpha value is -3.48. The van der Waals surface area contributed by atoms with E-state index in [1.54, 1.807) is 6.21 Å². The molecule has 0 aliphatic heterocycles. The number of hydrogen-bond acceptors (Lipinski definition) is 5. The van der Waals surface area contributed by atoms with Gasteiger partial charge in [-0.15, -0.1) is 0 Å². The number of carbonyl (C=O) groups is 1. The van der Waals surface area contributed by atoms with Crippen molar-refractivity contribution in [3.63, 3.8) is 0 Å². The van der Waals surface area contributed by atoms with Crippen molar-refractivity contribution in [3.8, 4) is 11.5 Å². The van der Waals surface area contributed by atoms with E-state index in [2.05, 4.69) is 20.6 Å². The van der Waals surface area contributed by atoms with Crippen LogP contribution >= 0.6 is 0 Å². The van der Waals surface area contributed by atoms with E-state index in [4.69, 9.17) is 4.74 Å². The molecule has 2 aromatic carbocycles. The summed E-state index contributed by atoms with van der Waals surface area (Å²) in [5.74, 6) is 1.17. The number of nitrogens with one attached hydrogen (secondary N) is 1. The van der Waals surface area contributed by atoms with Crippen LogP contribution in [0, 0.1) is 0 Å². The normalized spacial score (nSPS) is 10.7. The van der Waals surface area contributed by atoms with Crippen LogP contribution in [0.15, 0.2) is 72.4 Å². The van der Waals surface area contributed by atoms with Crippen molar-refractivity contribution in [2.75, 3.05) is 0 Å². The third-order valence-electron chi connectivity index (χ3n) is 3.01. The van der Waals surface area contributed by atoms with E-state index in [1.807, 2.05) is 54.6 Å². The average molecular weight is 321 g/mol. The van der Waals surface area contributed by atoms with Crippen LogP contribution in [-0.2, 0) is 11.3 Å². The van der Waals surface area contributed by atoms with Crippen LogP contribution in [-0.4, -0.2) is 26.9 Å². The zero-order chi connectivity index (χ0) is 16.6. The van der Waals surface area contributed by atoms with E-state index in [-0.39, 0.29) is 12.5 Å². The Kier molecular flexibility index (Phi) is 4.94. The van der Waals surface area contributed by atoms with Crippen LogP contribution in [0.2, 0.25) is 0 Å². The first-order valence-electron chi connectivity index (χ1n) is 7.27. The number of benzene rings is 2. The fourth-order valence-electron chi connectivity index (χ4n) is 1.96. The highest BCUT2D eigenvalue weighted by molar-refractivity contribution is 5.82. The quantitative estimate of drug-likeness (QED) is 0.557. The van der Waals surface area contributed by atoms with Gasteiger partial charge in [0.1, 0.15) is 30.7 Å². The van der Waals surface area contributed by atoms with Gasteiger partial charge in [0, 0.05) is 0 Å². The first-order chi connectivity index (χ1) is 11.8. The van der Waals surface area contributed by atoms with E-state index >= 15 is 0 Å². The molecule has 7 heteroatoms. The molecule has 1 aromatic heterocycles. The summed E-state index contributed by atoms with van der Waals surface area (Å²) in [6, 6.07) is 16.9. The van der Waals surface area contributed by atoms with Gasteiger partial charge in [-0.2, -0.15) is 10.2 Å². The van der Waals surface area contributed by atoms with Gasteiger partial charge in [0.2, 0.25) is 0 Å². The molecule has 0 spiro atoms. The molecule has 0 saturated heterocycles. The van der Waals surface area contributed by atoms with Gasteiger partial charge in [0.25, 0.3) is 5.91 Å². The van der Waals surface area contributed by atoms with E-state index in [0.717, 1.165) is 11.3 Å². The number of ether oxygens (including phenoxy) is 1. The topological polar surface area (TPSA) is 81.4 Å². The third-order valence-corrected chi connectivity index (χ3v) is 3.01. The maximum absolute atomic E-state index is 11.7. The molecular weight excluding hydrogens is 306 g/mol. The Balaban J connectivity index is 1.57. The summed E-state index contributed by atoms with van der Waals surface area (Å²) >= 11 is 0. The van der Waals surface area contributed by atoms with Crippen LogP contribution in [0.3, 0.4) is 0 Å². The molecule has 0 bridgehead atoms. The van der Waals surface area contributed by atoms with Gasteiger partial charge in [-0.1, -0.05) is 30.3 Å². The monoisotopic (exact) mass is 321 g/mol. The summed E-state index contributed by atoms with van der Waals surface area (Å²) in [7, 11) is 0. The zero-order valence-electron chi connectivity index (χ0n) is 12.7. The maximum Gasteiger partial charge on any atom is 0.261 e. The highest BCUT2D eigenvalue weighted by atomic mass is 16.5. The second kappa shape index (κ2) is 7.68. The fraction of sp³-hybridized carbons (Fsp3) is 0.0588. The predicted octanol–water partition coefficient (Wildman–Crippen LogP) is 2.22. The van der Waals surface area contributed by atoms with Crippen molar-refractivity contribution in [1.29, 1.82) is 0 Å². The molecule has 0 atom stereocenters. The summed E-state index contributed by atoms with van der Waals surface area (Å²) in [6.45, 7) is 0.0640. The van der Waals surface area contributed by atoms with Gasteiger partial charge >= 0.3 is 0 Å². The number of amides is 1. The number of nitrogens with zero attached hydrogens (tertiary/aromatic N) is 4. The zero-order valence-corrected chi connectivity index (χ0v) is 12.7. The van der Waals surface area contributed by atoms with Crippen LogP contribution in [0.25, 0.3) is 0 Å². The molecule has 0 unspecified atom stereocenters. The lowest BCUT2D eigenvalue weighted by molar-refractivity contribution is -0.121. The van der Waals surface area contributed by atoms with Gasteiger partial charge in [-0.05, 0) is 29.8 Å². The highest BCUT2D eigenvalue weighted by Crippen LogP contribution is 2.21. The van der Waals surface area contributed by atoms with Crippen molar-refractivity contribution < 1.29 is 9.53 Å². The molecule has 120 valence electrons. The molecule has 0 aliphatic carbocycles. The number of carbonyl (C=O) groups excluding carboxylic acids is 1. The van der Waals surface area contributed by atoms with Gasteiger partial charge < -0.3 is 4.74 Å². The predicted molar refractivity (Wildman–Crippen MR) is 88.7 cm³/mol. The summed E-state index contributed by atoms with van der Waals surface area (Å²) in [5.41, 5.74) is 3.25. The molecule has 0 saturated carbocycles. The summed E-state index contributed by atoms with van der Waals surface area (Å²) < 4.78 is 7.16. The van der Waals surface area contributed by atoms with Crippen molar-refractivity contribution in [2.24, 2.45) is 5.10 Å². The molecule has 1 amide bonds. The van der Waals surface area contributed by atoms with Crippen molar-refractivity contribution in [2.45, 2.75) is 6.54 Å². The second-order valence-corrected chi connectivity index (χ2v) is 4.87. The van der Waals surface area contributed by atoms with Gasteiger partial charge in [-0.25, -0.2) is 15.1 Å². The number of aromatic nitrogens is 3. The van der Waals surface area contributed by atoms with E-state index in [9.17, 15) is 4.79 Å². The third kappa shape index (κ3) is 4.51. The number of hydrazone groups is 1. The van der Waals surface area contributed by atoms with Gasteiger partial charge in [0.15, 0.2) is 0 Å². The summed E-state index contributed by atoms with van der Waals surface area (Å²) in [4.78, 5) is 15.4. The minimum atomic E-state index is -0.284. The second-order valence-electron chi connectivity index (χ2n) is 4.87. The van der Waals surface area contributed by atoms with Gasteiger partial charge in [-0.3, -0.25) is 4.79 Å². The molecule has 3 aromatic rings. The first-order valence-corrected chi connectivity index (χ1v) is 7.27. The summed E-state index contributed by atoms with van der Waals surface area (Å²) in [6.07, 6.45) is 4.39. The van der Waals surface area contributed by atoms with E-state index in [1.165, 1.54) is 17.3 Å². The number of para-hydroxylation sites is 1. The number of hydrogen-bond donors (Lipinski definition) is 1. The minimum Gasteiger partial charge on any atom is -0.457 e. The largest absolute Gasteiger partial charge is 0.457 e. The molecule has 1 N–H and O–H groups in total.